The van der Waals surface area contributed by atoms with Gasteiger partial charge in [-0.15, -0.1) is 0 Å². The predicted octanol–water partition coefficient (Wildman–Crippen LogP) is 1.67. The van der Waals surface area contributed by atoms with E-state index in [2.05, 4.69) is 12.1 Å². The molecule has 1 heterocycles. The minimum atomic E-state index is 0.0615. The molecule has 2 rings (SSSR count). The van der Waals surface area contributed by atoms with Crippen LogP contribution in [0.1, 0.15) is 12.0 Å². The second-order valence-electron chi connectivity index (χ2n) is 3.73. The molecule has 0 radical (unpaired) electrons. The van der Waals surface area contributed by atoms with Crippen LogP contribution < -0.4 is 9.64 Å². The summed E-state index contributed by atoms with van der Waals surface area (Å²) in [5.74, 6) is 0.774. The molecular weight excluding hydrogens is 202 g/mol. The highest BCUT2D eigenvalue weighted by molar-refractivity contribution is 5.63. The number of hydrogen-bond acceptors (Lipinski definition) is 4. The number of anilines is 1. The van der Waals surface area contributed by atoms with E-state index in [0.717, 1.165) is 11.4 Å². The monoisotopic (exact) mass is 213 g/mol. The molecule has 1 aliphatic rings. The summed E-state index contributed by atoms with van der Waals surface area (Å²) in [5.41, 5.74) is 1.48. The summed E-state index contributed by atoms with van der Waals surface area (Å²) in [6, 6.07) is 9.62. The van der Waals surface area contributed by atoms with E-state index >= 15 is 0 Å². The Morgan fingerprint density at radius 3 is 3.00 bits per heavy atom. The smallest absolute Gasteiger partial charge is 0.142 e. The van der Waals surface area contributed by atoms with E-state index in [4.69, 9.17) is 15.3 Å². The third-order valence-corrected chi connectivity index (χ3v) is 2.77. The lowest BCUT2D eigenvalue weighted by Gasteiger charge is -2.34. The number of benzene rings is 1. The Hall–Kier alpha value is -2.20. The van der Waals surface area contributed by atoms with E-state index in [1.54, 1.807) is 18.2 Å². The maximum Gasteiger partial charge on any atom is 0.142 e. The molecule has 0 saturated carbocycles. The minimum absolute atomic E-state index is 0.0615. The Morgan fingerprint density at radius 1 is 1.50 bits per heavy atom. The summed E-state index contributed by atoms with van der Waals surface area (Å²) in [6.07, 6.45) is 0.423. The summed E-state index contributed by atoms with van der Waals surface area (Å²) >= 11 is 0. The molecule has 0 aliphatic carbocycles. The van der Waals surface area contributed by atoms with Crippen molar-refractivity contribution in [3.8, 4) is 17.9 Å². The van der Waals surface area contributed by atoms with Gasteiger partial charge in [-0.2, -0.15) is 10.5 Å². The Kier molecular flexibility index (Phi) is 2.66. The average Bonchev–Trinajstić information content (AvgIpc) is 2.33. The minimum Gasteiger partial charge on any atom is -0.489 e. The maximum atomic E-state index is 8.83. The molecule has 80 valence electrons. The van der Waals surface area contributed by atoms with Gasteiger partial charge in [0.05, 0.1) is 35.9 Å². The van der Waals surface area contributed by atoms with Crippen LogP contribution in [0.25, 0.3) is 0 Å². The number of nitriles is 2. The number of nitrogens with zero attached hydrogens (tertiary/aromatic N) is 3. The van der Waals surface area contributed by atoms with Gasteiger partial charge in [0.2, 0.25) is 0 Å². The molecule has 1 aromatic carbocycles. The number of hydrogen-bond donors (Lipinski definition) is 0. The third kappa shape index (κ3) is 1.66. The van der Waals surface area contributed by atoms with Crippen LogP contribution in [0.15, 0.2) is 18.2 Å². The van der Waals surface area contributed by atoms with Crippen LogP contribution in [0.5, 0.6) is 5.75 Å². The molecule has 4 nitrogen and oxygen atoms in total. The summed E-state index contributed by atoms with van der Waals surface area (Å²) in [5, 5.41) is 17.5. The Labute approximate surface area is 94.3 Å². The van der Waals surface area contributed by atoms with Crippen molar-refractivity contribution in [3.05, 3.63) is 23.8 Å². The quantitative estimate of drug-likeness (QED) is 0.712. The molecule has 0 N–H and O–H groups in total. The molecular formula is C12H11N3O. The first-order chi connectivity index (χ1) is 7.76. The van der Waals surface area contributed by atoms with Gasteiger partial charge in [0.15, 0.2) is 0 Å². The number of ether oxygens (including phenoxy) is 1. The van der Waals surface area contributed by atoms with E-state index in [-0.39, 0.29) is 6.04 Å². The zero-order chi connectivity index (χ0) is 11.5. The van der Waals surface area contributed by atoms with Crippen molar-refractivity contribution in [1.82, 2.24) is 0 Å². The predicted molar refractivity (Wildman–Crippen MR) is 59.1 cm³/mol. The van der Waals surface area contributed by atoms with Crippen molar-refractivity contribution < 1.29 is 4.74 Å². The molecule has 1 aromatic rings. The van der Waals surface area contributed by atoms with Crippen LogP contribution in [0.2, 0.25) is 0 Å². The molecule has 4 heteroatoms. The topological polar surface area (TPSA) is 60.1 Å². The Morgan fingerprint density at radius 2 is 2.31 bits per heavy atom. The van der Waals surface area contributed by atoms with Crippen LogP contribution in [-0.2, 0) is 0 Å². The molecule has 0 fully saturated rings. The normalized spacial score (nSPS) is 17.9. The highest BCUT2D eigenvalue weighted by atomic mass is 16.5. The average molecular weight is 213 g/mol. The highest BCUT2D eigenvalue weighted by Crippen LogP contribution is 2.34. The highest BCUT2D eigenvalue weighted by Gasteiger charge is 2.24. The first-order valence-corrected chi connectivity index (χ1v) is 5.03. The van der Waals surface area contributed by atoms with E-state index in [1.165, 1.54) is 0 Å². The van der Waals surface area contributed by atoms with Gasteiger partial charge in [0, 0.05) is 7.05 Å². The van der Waals surface area contributed by atoms with Gasteiger partial charge in [0.1, 0.15) is 12.4 Å². The van der Waals surface area contributed by atoms with E-state index in [9.17, 15) is 0 Å². The largest absolute Gasteiger partial charge is 0.489 e. The number of rotatable bonds is 1. The van der Waals surface area contributed by atoms with E-state index < -0.39 is 0 Å². The van der Waals surface area contributed by atoms with Crippen LogP contribution in [0.3, 0.4) is 0 Å². The lowest BCUT2D eigenvalue weighted by molar-refractivity contribution is 0.268. The standard InChI is InChI=1S/C12H11N3O/c1-15-10(4-5-13)8-16-12-3-2-9(7-14)6-11(12)15/h2-3,6,10H,4,8H2,1H3. The first-order valence-electron chi connectivity index (χ1n) is 5.03. The lowest BCUT2D eigenvalue weighted by Crippen LogP contribution is -2.40. The van der Waals surface area contributed by atoms with Crippen LogP contribution in [-0.4, -0.2) is 19.7 Å². The second kappa shape index (κ2) is 4.12. The molecule has 0 spiro atoms. The summed E-state index contributed by atoms with van der Waals surface area (Å²) in [7, 11) is 1.92. The van der Waals surface area contributed by atoms with E-state index in [0.29, 0.717) is 18.6 Å². The lowest BCUT2D eigenvalue weighted by atomic mass is 10.1. The molecule has 1 aliphatic heterocycles. The summed E-state index contributed by atoms with van der Waals surface area (Å²) in [4.78, 5) is 2.00. The molecule has 0 bridgehead atoms. The molecule has 1 unspecified atom stereocenters. The molecule has 0 aromatic heterocycles. The van der Waals surface area contributed by atoms with Gasteiger partial charge in [-0.3, -0.25) is 0 Å². The van der Waals surface area contributed by atoms with Crippen LogP contribution in [0, 0.1) is 22.7 Å². The van der Waals surface area contributed by atoms with Crippen molar-refractivity contribution >= 4 is 5.69 Å². The molecule has 16 heavy (non-hydrogen) atoms. The van der Waals surface area contributed by atoms with Crippen molar-refractivity contribution in [3.63, 3.8) is 0 Å². The summed E-state index contributed by atoms with van der Waals surface area (Å²) in [6.45, 7) is 0.517. The summed E-state index contributed by atoms with van der Waals surface area (Å²) < 4.78 is 5.56. The van der Waals surface area contributed by atoms with Crippen molar-refractivity contribution in [1.29, 1.82) is 10.5 Å². The zero-order valence-electron chi connectivity index (χ0n) is 8.97. The van der Waals surface area contributed by atoms with Crippen molar-refractivity contribution in [2.75, 3.05) is 18.6 Å². The first kappa shape index (κ1) is 10.3. The molecule has 0 amide bonds. The van der Waals surface area contributed by atoms with Crippen LogP contribution >= 0.6 is 0 Å². The van der Waals surface area contributed by atoms with Crippen molar-refractivity contribution in [2.45, 2.75) is 12.5 Å². The van der Waals surface area contributed by atoms with Crippen molar-refractivity contribution in [2.24, 2.45) is 0 Å². The van der Waals surface area contributed by atoms with Crippen LogP contribution in [0.4, 0.5) is 5.69 Å². The fourth-order valence-electron chi connectivity index (χ4n) is 1.78. The maximum absolute atomic E-state index is 8.83. The van der Waals surface area contributed by atoms with Gasteiger partial charge in [-0.1, -0.05) is 0 Å². The Balaban J connectivity index is 2.36. The van der Waals surface area contributed by atoms with Gasteiger partial charge in [-0.25, -0.2) is 0 Å². The zero-order valence-corrected chi connectivity index (χ0v) is 8.97. The molecule has 1 atom stereocenters. The number of fused-ring (bicyclic) bond motifs is 1. The third-order valence-electron chi connectivity index (χ3n) is 2.77. The molecule has 0 saturated heterocycles. The SMILES string of the molecule is CN1c2cc(C#N)ccc2OCC1CC#N. The van der Waals surface area contributed by atoms with Gasteiger partial charge < -0.3 is 9.64 Å². The van der Waals surface area contributed by atoms with Gasteiger partial charge in [0.25, 0.3) is 0 Å². The fourth-order valence-corrected chi connectivity index (χ4v) is 1.78. The van der Waals surface area contributed by atoms with E-state index in [1.807, 2.05) is 11.9 Å². The van der Waals surface area contributed by atoms with Gasteiger partial charge >= 0.3 is 0 Å². The second-order valence-corrected chi connectivity index (χ2v) is 3.73. The Bertz CT molecular complexity index is 484. The fraction of sp³-hybridized carbons (Fsp3) is 0.333. The van der Waals surface area contributed by atoms with Gasteiger partial charge in [-0.05, 0) is 18.2 Å². The number of likely N-dealkylation sites (N-methyl/N-ethyl adjacent to an activating group) is 1.